The quantitative estimate of drug-likeness (QED) is 0.528. The van der Waals surface area contributed by atoms with Gasteiger partial charge in [-0.15, -0.1) is 0 Å². The van der Waals surface area contributed by atoms with E-state index in [0.29, 0.717) is 6.54 Å². The van der Waals surface area contributed by atoms with Crippen molar-refractivity contribution in [2.45, 2.75) is 25.4 Å². The van der Waals surface area contributed by atoms with Crippen LogP contribution in [-0.2, 0) is 4.79 Å². The number of hydrogen-bond acceptors (Lipinski definition) is 3. The van der Waals surface area contributed by atoms with Gasteiger partial charge in [-0.2, -0.15) is 5.06 Å². The Balaban J connectivity index is 2.32. The Kier molecular flexibility index (Phi) is 2.65. The van der Waals surface area contributed by atoms with E-state index in [2.05, 4.69) is 5.32 Å². The van der Waals surface area contributed by atoms with Gasteiger partial charge in [-0.25, -0.2) is 0 Å². The van der Waals surface area contributed by atoms with Crippen molar-refractivity contribution in [2.24, 2.45) is 0 Å². The minimum Gasteiger partial charge on any atom is -0.330 e. The molecule has 57 valence electrons. The highest BCUT2D eigenvalue weighted by molar-refractivity contribution is 5.47. The van der Waals surface area contributed by atoms with Crippen LogP contribution < -0.4 is 5.32 Å². The monoisotopic (exact) mass is 143 g/mol. The average molecular weight is 143 g/mol. The van der Waals surface area contributed by atoms with Gasteiger partial charge in [-0.05, 0) is 19.3 Å². The zero-order valence-corrected chi connectivity index (χ0v) is 5.71. The zero-order valence-electron chi connectivity index (χ0n) is 5.71. The number of hydroxylamine groups is 2. The lowest BCUT2D eigenvalue weighted by Gasteiger charge is -2.29. The van der Waals surface area contributed by atoms with Crippen molar-refractivity contribution in [1.29, 1.82) is 0 Å². The molecule has 1 amide bonds. The zero-order chi connectivity index (χ0) is 7.40. The summed E-state index contributed by atoms with van der Waals surface area (Å²) in [7, 11) is 0. The number of piperidine rings is 1. The molecule has 0 aromatic heterocycles. The molecule has 10 heavy (non-hydrogen) atoms. The standard InChI is InChI=1S/C6H11N2O2/c9-5-7-6-3-1-2-4-8(6)10/h6,10H,1-4H2,(H,7,9). The molecular formula is C6H11N2O2. The molecule has 1 saturated heterocycles. The van der Waals surface area contributed by atoms with Crippen LogP contribution in [0, 0.1) is 0 Å². The van der Waals surface area contributed by atoms with Gasteiger partial charge in [0.05, 0.1) is 0 Å². The summed E-state index contributed by atoms with van der Waals surface area (Å²) < 4.78 is 0. The second-order valence-electron chi connectivity index (χ2n) is 2.42. The third-order valence-corrected chi connectivity index (χ3v) is 1.70. The number of amides is 1. The maximum atomic E-state index is 9.84. The molecule has 1 heterocycles. The van der Waals surface area contributed by atoms with E-state index in [-0.39, 0.29) is 6.17 Å². The third kappa shape index (κ3) is 1.68. The Hall–Kier alpha value is -0.610. The number of hydrogen-bond donors (Lipinski definition) is 2. The number of nitrogens with zero attached hydrogens (tertiary/aromatic N) is 1. The van der Waals surface area contributed by atoms with E-state index in [4.69, 9.17) is 5.21 Å². The highest BCUT2D eigenvalue weighted by Crippen LogP contribution is 2.11. The topological polar surface area (TPSA) is 52.6 Å². The molecule has 4 nitrogen and oxygen atoms in total. The summed E-state index contributed by atoms with van der Waals surface area (Å²) in [5.74, 6) is 0. The number of nitrogens with one attached hydrogen (secondary N) is 1. The molecule has 2 N–H and O–H groups in total. The van der Waals surface area contributed by atoms with Crippen molar-refractivity contribution in [3.8, 4) is 0 Å². The average Bonchev–Trinajstić information content (AvgIpc) is 1.94. The molecule has 0 bridgehead atoms. The van der Waals surface area contributed by atoms with E-state index in [1.54, 1.807) is 6.41 Å². The van der Waals surface area contributed by atoms with Crippen LogP contribution in [0.4, 0.5) is 0 Å². The first-order valence-corrected chi connectivity index (χ1v) is 3.43. The predicted molar refractivity (Wildman–Crippen MR) is 35.0 cm³/mol. The Labute approximate surface area is 59.8 Å². The van der Waals surface area contributed by atoms with Gasteiger partial charge < -0.3 is 10.5 Å². The summed E-state index contributed by atoms with van der Waals surface area (Å²) in [5, 5.41) is 12.6. The summed E-state index contributed by atoms with van der Waals surface area (Å²) in [6.45, 7) is 0.638. The van der Waals surface area contributed by atoms with Crippen molar-refractivity contribution in [2.75, 3.05) is 6.54 Å². The van der Waals surface area contributed by atoms with Gasteiger partial charge in [-0.3, -0.25) is 4.79 Å². The third-order valence-electron chi connectivity index (χ3n) is 1.70. The van der Waals surface area contributed by atoms with Crippen molar-refractivity contribution in [1.82, 2.24) is 10.4 Å². The molecule has 1 rings (SSSR count). The van der Waals surface area contributed by atoms with Gasteiger partial charge in [0.25, 0.3) is 0 Å². The predicted octanol–water partition coefficient (Wildman–Crippen LogP) is -0.156. The van der Waals surface area contributed by atoms with E-state index in [1.807, 2.05) is 0 Å². The summed E-state index contributed by atoms with van der Waals surface area (Å²) in [4.78, 5) is 9.84. The van der Waals surface area contributed by atoms with Crippen LogP contribution in [0.2, 0.25) is 0 Å². The summed E-state index contributed by atoms with van der Waals surface area (Å²) in [6.07, 6.45) is 4.21. The molecule has 0 aromatic rings. The van der Waals surface area contributed by atoms with Gasteiger partial charge >= 0.3 is 6.41 Å². The number of rotatable bonds is 2. The molecule has 0 spiro atoms. The van der Waals surface area contributed by atoms with Gasteiger partial charge in [-0.1, -0.05) is 0 Å². The normalized spacial score (nSPS) is 27.9. The minimum atomic E-state index is -0.216. The molecule has 0 aromatic carbocycles. The Morgan fingerprint density at radius 1 is 1.60 bits per heavy atom. The smallest absolute Gasteiger partial charge is 0.310 e. The molecule has 0 saturated carbocycles. The molecular weight excluding hydrogens is 132 g/mol. The van der Waals surface area contributed by atoms with Crippen LogP contribution in [0.1, 0.15) is 19.3 Å². The fourth-order valence-electron chi connectivity index (χ4n) is 1.13. The van der Waals surface area contributed by atoms with Crippen LogP contribution >= 0.6 is 0 Å². The first-order chi connectivity index (χ1) is 4.84. The van der Waals surface area contributed by atoms with Crippen LogP contribution in [0.5, 0.6) is 0 Å². The lowest BCUT2D eigenvalue weighted by Crippen LogP contribution is -2.46. The first kappa shape index (κ1) is 7.50. The highest BCUT2D eigenvalue weighted by Gasteiger charge is 2.19. The lowest BCUT2D eigenvalue weighted by atomic mass is 10.1. The van der Waals surface area contributed by atoms with E-state index in [1.165, 1.54) is 0 Å². The molecule has 1 radical (unpaired) electrons. The fourth-order valence-corrected chi connectivity index (χ4v) is 1.13. The van der Waals surface area contributed by atoms with Crippen molar-refractivity contribution < 1.29 is 10.0 Å². The maximum absolute atomic E-state index is 9.84. The summed E-state index contributed by atoms with van der Waals surface area (Å²) in [6, 6.07) is 0. The molecule has 0 aliphatic carbocycles. The second kappa shape index (κ2) is 3.53. The van der Waals surface area contributed by atoms with Gasteiger partial charge in [0.15, 0.2) is 0 Å². The largest absolute Gasteiger partial charge is 0.330 e. The van der Waals surface area contributed by atoms with Gasteiger partial charge in [0, 0.05) is 6.54 Å². The SMILES string of the molecule is O=[C]NC1CCCCN1O. The van der Waals surface area contributed by atoms with E-state index in [0.717, 1.165) is 24.3 Å². The van der Waals surface area contributed by atoms with Crippen molar-refractivity contribution in [3.05, 3.63) is 0 Å². The molecule has 4 heteroatoms. The molecule has 1 atom stereocenters. The lowest BCUT2D eigenvalue weighted by molar-refractivity contribution is -0.146. The fraction of sp³-hybridized carbons (Fsp3) is 0.833. The second-order valence-corrected chi connectivity index (χ2v) is 2.42. The number of carbonyl (C=O) groups excluding carboxylic acids is 1. The molecule has 1 fully saturated rings. The van der Waals surface area contributed by atoms with Crippen LogP contribution in [0.25, 0.3) is 0 Å². The summed E-state index contributed by atoms with van der Waals surface area (Å²) >= 11 is 0. The minimum absolute atomic E-state index is 0.216. The molecule has 1 aliphatic rings. The van der Waals surface area contributed by atoms with Crippen molar-refractivity contribution in [3.63, 3.8) is 0 Å². The Morgan fingerprint density at radius 2 is 2.40 bits per heavy atom. The van der Waals surface area contributed by atoms with E-state index in [9.17, 15) is 4.79 Å². The first-order valence-electron chi connectivity index (χ1n) is 3.43. The molecule has 1 unspecified atom stereocenters. The highest BCUT2D eigenvalue weighted by atomic mass is 16.5. The molecule has 1 aliphatic heterocycles. The maximum Gasteiger partial charge on any atom is 0.310 e. The van der Waals surface area contributed by atoms with Crippen LogP contribution in [-0.4, -0.2) is 29.4 Å². The van der Waals surface area contributed by atoms with Crippen LogP contribution in [0.3, 0.4) is 0 Å². The van der Waals surface area contributed by atoms with Crippen molar-refractivity contribution >= 4 is 6.41 Å². The van der Waals surface area contributed by atoms with Gasteiger partial charge in [0.1, 0.15) is 6.17 Å². The Bertz CT molecular complexity index is 118. The Morgan fingerprint density at radius 3 is 3.00 bits per heavy atom. The van der Waals surface area contributed by atoms with Crippen LogP contribution in [0.15, 0.2) is 0 Å². The van der Waals surface area contributed by atoms with Gasteiger partial charge in [0.2, 0.25) is 0 Å². The van der Waals surface area contributed by atoms with E-state index < -0.39 is 0 Å². The summed E-state index contributed by atoms with van der Waals surface area (Å²) in [5.41, 5.74) is 0. The van der Waals surface area contributed by atoms with E-state index >= 15 is 0 Å².